The molecule has 0 aliphatic rings. The molecule has 0 rings (SSSR count). The third-order valence-corrected chi connectivity index (χ3v) is 2.80. The molecule has 0 spiro atoms. The molecule has 5 nitrogen and oxygen atoms in total. The van der Waals surface area contributed by atoms with Crippen molar-refractivity contribution in [2.24, 2.45) is 0 Å². The minimum Gasteiger partial charge on any atom is -0.469 e. The number of ether oxygens (including phenoxy) is 1. The van der Waals surface area contributed by atoms with Gasteiger partial charge in [-0.05, 0) is 19.9 Å². The predicted octanol–water partition coefficient (Wildman–Crippen LogP) is 1.18. The van der Waals surface area contributed by atoms with Crippen LogP contribution in [0.3, 0.4) is 0 Å². The van der Waals surface area contributed by atoms with E-state index in [0.717, 1.165) is 19.4 Å². The Morgan fingerprint density at radius 2 is 2.00 bits per heavy atom. The molecule has 0 aliphatic heterocycles. The van der Waals surface area contributed by atoms with Gasteiger partial charge < -0.3 is 10.1 Å². The van der Waals surface area contributed by atoms with Crippen molar-refractivity contribution in [3.63, 3.8) is 0 Å². The van der Waals surface area contributed by atoms with E-state index in [-0.39, 0.29) is 17.9 Å². The summed E-state index contributed by atoms with van der Waals surface area (Å²) >= 11 is 0. The second-order valence-electron chi connectivity index (χ2n) is 4.45. The Morgan fingerprint density at radius 3 is 2.50 bits per heavy atom. The Morgan fingerprint density at radius 1 is 1.33 bits per heavy atom. The zero-order valence-electron chi connectivity index (χ0n) is 12.0. The molecule has 18 heavy (non-hydrogen) atoms. The zero-order chi connectivity index (χ0) is 14.0. The maximum atomic E-state index is 11.7. The average Bonchev–Trinajstić information content (AvgIpc) is 2.33. The van der Waals surface area contributed by atoms with Crippen molar-refractivity contribution in [3.05, 3.63) is 0 Å². The van der Waals surface area contributed by atoms with Crippen molar-refractivity contribution >= 4 is 11.9 Å². The fourth-order valence-corrected chi connectivity index (χ4v) is 1.73. The Kier molecular flexibility index (Phi) is 9.28. The van der Waals surface area contributed by atoms with Crippen LogP contribution in [-0.4, -0.2) is 49.6 Å². The summed E-state index contributed by atoms with van der Waals surface area (Å²) in [6.07, 6.45) is 2.36. The van der Waals surface area contributed by atoms with Gasteiger partial charge in [-0.15, -0.1) is 0 Å². The van der Waals surface area contributed by atoms with Crippen molar-refractivity contribution in [1.82, 2.24) is 10.2 Å². The average molecular weight is 258 g/mol. The Balaban J connectivity index is 3.96. The fraction of sp³-hybridized carbons (Fsp3) is 0.846. The SMILES string of the molecule is CCCC(C)NC(=O)CN(CC)CCC(=O)OC. The van der Waals surface area contributed by atoms with Gasteiger partial charge in [-0.3, -0.25) is 14.5 Å². The predicted molar refractivity (Wildman–Crippen MR) is 71.3 cm³/mol. The smallest absolute Gasteiger partial charge is 0.306 e. The van der Waals surface area contributed by atoms with Gasteiger partial charge in [0.05, 0.1) is 20.1 Å². The number of likely N-dealkylation sites (N-methyl/N-ethyl adjacent to an activating group) is 1. The highest BCUT2D eigenvalue weighted by atomic mass is 16.5. The maximum Gasteiger partial charge on any atom is 0.306 e. The number of carbonyl (C=O) groups is 2. The highest BCUT2D eigenvalue weighted by molar-refractivity contribution is 5.78. The second-order valence-corrected chi connectivity index (χ2v) is 4.45. The van der Waals surface area contributed by atoms with E-state index >= 15 is 0 Å². The molecule has 1 N–H and O–H groups in total. The number of carbonyl (C=O) groups excluding carboxylic acids is 2. The number of methoxy groups -OCH3 is 1. The second kappa shape index (κ2) is 9.88. The molecule has 0 saturated carbocycles. The van der Waals surface area contributed by atoms with E-state index in [4.69, 9.17) is 0 Å². The van der Waals surface area contributed by atoms with Crippen LogP contribution in [0.25, 0.3) is 0 Å². The lowest BCUT2D eigenvalue weighted by atomic mass is 10.2. The molecule has 0 heterocycles. The van der Waals surface area contributed by atoms with Crippen molar-refractivity contribution in [3.8, 4) is 0 Å². The topological polar surface area (TPSA) is 58.6 Å². The van der Waals surface area contributed by atoms with Crippen molar-refractivity contribution < 1.29 is 14.3 Å². The summed E-state index contributed by atoms with van der Waals surface area (Å²) in [5.74, 6) is -0.226. The van der Waals surface area contributed by atoms with E-state index in [9.17, 15) is 9.59 Å². The first-order valence-electron chi connectivity index (χ1n) is 6.61. The zero-order valence-corrected chi connectivity index (χ0v) is 12.0. The van der Waals surface area contributed by atoms with Crippen LogP contribution >= 0.6 is 0 Å². The van der Waals surface area contributed by atoms with Gasteiger partial charge in [0.2, 0.25) is 5.91 Å². The van der Waals surface area contributed by atoms with Crippen LogP contribution in [0, 0.1) is 0 Å². The number of hydrogen-bond acceptors (Lipinski definition) is 4. The molecule has 1 atom stereocenters. The van der Waals surface area contributed by atoms with Gasteiger partial charge in [-0.1, -0.05) is 20.3 Å². The first-order valence-corrected chi connectivity index (χ1v) is 6.61. The molecule has 1 unspecified atom stereocenters. The molecular formula is C13H26N2O3. The van der Waals surface area contributed by atoms with Gasteiger partial charge in [-0.25, -0.2) is 0 Å². The minimum atomic E-state index is -0.242. The minimum absolute atomic E-state index is 0.0164. The number of hydrogen-bond donors (Lipinski definition) is 1. The van der Waals surface area contributed by atoms with Crippen LogP contribution in [0.2, 0.25) is 0 Å². The van der Waals surface area contributed by atoms with E-state index in [1.54, 1.807) is 0 Å². The summed E-state index contributed by atoms with van der Waals surface area (Å²) in [7, 11) is 1.37. The summed E-state index contributed by atoms with van der Waals surface area (Å²) in [6.45, 7) is 7.70. The third-order valence-electron chi connectivity index (χ3n) is 2.80. The molecular weight excluding hydrogens is 232 g/mol. The van der Waals surface area contributed by atoms with Gasteiger partial charge in [0, 0.05) is 12.6 Å². The third kappa shape index (κ3) is 8.06. The van der Waals surface area contributed by atoms with Crippen molar-refractivity contribution in [2.75, 3.05) is 26.7 Å². The Bertz CT molecular complexity index is 257. The number of rotatable bonds is 9. The fourth-order valence-electron chi connectivity index (χ4n) is 1.73. The van der Waals surface area contributed by atoms with Gasteiger partial charge in [0.1, 0.15) is 0 Å². The van der Waals surface area contributed by atoms with Gasteiger partial charge in [0.25, 0.3) is 0 Å². The normalized spacial score (nSPS) is 12.3. The first kappa shape index (κ1) is 16.9. The van der Waals surface area contributed by atoms with Crippen LogP contribution in [0.4, 0.5) is 0 Å². The number of amides is 1. The van der Waals surface area contributed by atoms with E-state index in [2.05, 4.69) is 17.0 Å². The monoisotopic (exact) mass is 258 g/mol. The molecule has 0 aromatic heterocycles. The largest absolute Gasteiger partial charge is 0.469 e. The summed E-state index contributed by atoms with van der Waals surface area (Å²) in [6, 6.07) is 0.210. The lowest BCUT2D eigenvalue weighted by Crippen LogP contribution is -2.41. The van der Waals surface area contributed by atoms with Crippen LogP contribution < -0.4 is 5.32 Å². The van der Waals surface area contributed by atoms with Crippen LogP contribution in [0.15, 0.2) is 0 Å². The summed E-state index contributed by atoms with van der Waals surface area (Å²) in [4.78, 5) is 24.7. The van der Waals surface area contributed by atoms with E-state index in [1.165, 1.54) is 7.11 Å². The molecule has 0 aliphatic carbocycles. The molecule has 0 aromatic carbocycles. The van der Waals surface area contributed by atoms with E-state index in [1.807, 2.05) is 18.7 Å². The first-order chi connectivity index (χ1) is 8.53. The van der Waals surface area contributed by atoms with Crippen LogP contribution in [0.5, 0.6) is 0 Å². The molecule has 0 fully saturated rings. The van der Waals surface area contributed by atoms with Crippen LogP contribution in [-0.2, 0) is 14.3 Å². The molecule has 5 heteroatoms. The lowest BCUT2D eigenvalue weighted by Gasteiger charge is -2.20. The standard InChI is InChI=1S/C13H26N2O3/c1-5-7-11(3)14-12(16)10-15(6-2)9-8-13(17)18-4/h11H,5-10H2,1-4H3,(H,14,16). The molecule has 0 radical (unpaired) electrons. The molecule has 0 bridgehead atoms. The quantitative estimate of drug-likeness (QED) is 0.631. The maximum absolute atomic E-state index is 11.7. The van der Waals surface area contributed by atoms with Gasteiger partial charge in [-0.2, -0.15) is 0 Å². The number of nitrogens with zero attached hydrogens (tertiary/aromatic N) is 1. The van der Waals surface area contributed by atoms with Gasteiger partial charge in [0.15, 0.2) is 0 Å². The van der Waals surface area contributed by atoms with E-state index in [0.29, 0.717) is 19.5 Å². The molecule has 1 amide bonds. The summed E-state index contributed by atoms with van der Waals surface area (Å²) in [5.41, 5.74) is 0. The molecule has 0 aromatic rings. The number of nitrogens with one attached hydrogen (secondary N) is 1. The summed E-state index contributed by atoms with van der Waals surface area (Å²) < 4.78 is 4.58. The van der Waals surface area contributed by atoms with Gasteiger partial charge >= 0.3 is 5.97 Å². The number of esters is 1. The summed E-state index contributed by atoms with van der Waals surface area (Å²) in [5, 5.41) is 2.95. The lowest BCUT2D eigenvalue weighted by molar-refractivity contribution is -0.141. The van der Waals surface area contributed by atoms with Crippen molar-refractivity contribution in [1.29, 1.82) is 0 Å². The Hall–Kier alpha value is -1.10. The van der Waals surface area contributed by atoms with E-state index < -0.39 is 0 Å². The van der Waals surface area contributed by atoms with Crippen molar-refractivity contribution in [2.45, 2.75) is 46.1 Å². The Labute approximate surface area is 110 Å². The highest BCUT2D eigenvalue weighted by Crippen LogP contribution is 1.97. The molecule has 106 valence electrons. The van der Waals surface area contributed by atoms with Crippen LogP contribution in [0.1, 0.15) is 40.0 Å². The highest BCUT2D eigenvalue weighted by Gasteiger charge is 2.12. The molecule has 0 saturated heterocycles.